The summed E-state index contributed by atoms with van der Waals surface area (Å²) in [5.74, 6) is 0.912. The minimum Gasteiger partial charge on any atom is -0.377 e. The van der Waals surface area contributed by atoms with Crippen LogP contribution in [0, 0.1) is 5.92 Å². The molecule has 1 saturated carbocycles. The molecule has 0 amide bonds. The average molecular weight is 268 g/mol. The smallest absolute Gasteiger partial charge is 0.0597 e. The van der Waals surface area contributed by atoms with Crippen LogP contribution in [0.2, 0.25) is 0 Å². The van der Waals surface area contributed by atoms with E-state index in [1.807, 2.05) is 0 Å². The van der Waals surface area contributed by atoms with Crippen molar-refractivity contribution in [2.75, 3.05) is 26.2 Å². The van der Waals surface area contributed by atoms with Gasteiger partial charge in [-0.15, -0.1) is 0 Å². The predicted molar refractivity (Wildman–Crippen MR) is 80.5 cm³/mol. The fraction of sp³-hybridized carbons (Fsp3) is 1.00. The van der Waals surface area contributed by atoms with E-state index in [2.05, 4.69) is 31.0 Å². The maximum atomic E-state index is 5.71. The Morgan fingerprint density at radius 1 is 1.21 bits per heavy atom. The highest BCUT2D eigenvalue weighted by Crippen LogP contribution is 2.28. The van der Waals surface area contributed by atoms with Gasteiger partial charge in [0.05, 0.1) is 12.7 Å². The van der Waals surface area contributed by atoms with Crippen molar-refractivity contribution in [3.05, 3.63) is 0 Å². The van der Waals surface area contributed by atoms with Gasteiger partial charge < -0.3 is 10.1 Å². The van der Waals surface area contributed by atoms with Gasteiger partial charge in [0.2, 0.25) is 0 Å². The second-order valence-corrected chi connectivity index (χ2v) is 6.68. The Balaban J connectivity index is 1.77. The predicted octanol–water partition coefficient (Wildman–Crippen LogP) is 2.65. The lowest BCUT2D eigenvalue weighted by molar-refractivity contribution is 0.0325. The van der Waals surface area contributed by atoms with E-state index >= 15 is 0 Å². The molecule has 0 radical (unpaired) electrons. The fourth-order valence-corrected chi connectivity index (χ4v) is 3.52. The first kappa shape index (κ1) is 15.3. The molecule has 1 aliphatic carbocycles. The summed E-state index contributed by atoms with van der Waals surface area (Å²) in [4.78, 5) is 2.62. The minimum absolute atomic E-state index is 0.354. The van der Waals surface area contributed by atoms with Crippen LogP contribution in [0.5, 0.6) is 0 Å². The first-order valence-electron chi connectivity index (χ1n) is 8.26. The highest BCUT2D eigenvalue weighted by molar-refractivity contribution is 4.89. The van der Waals surface area contributed by atoms with Crippen molar-refractivity contribution >= 4 is 0 Å². The van der Waals surface area contributed by atoms with Gasteiger partial charge in [-0.25, -0.2) is 0 Å². The molecule has 0 aromatic carbocycles. The average Bonchev–Trinajstić information content (AvgIpc) is 2.41. The van der Waals surface area contributed by atoms with Crippen LogP contribution in [0.25, 0.3) is 0 Å². The third-order valence-corrected chi connectivity index (χ3v) is 4.78. The molecule has 19 heavy (non-hydrogen) atoms. The SMILES string of the molecule is CC(C)OCCN1CC(C2CCCCC2)NCC1C. The molecule has 2 aliphatic rings. The third-order valence-electron chi connectivity index (χ3n) is 4.78. The second-order valence-electron chi connectivity index (χ2n) is 6.68. The Hall–Kier alpha value is -0.120. The molecule has 0 bridgehead atoms. The molecular weight excluding hydrogens is 236 g/mol. The van der Waals surface area contributed by atoms with E-state index < -0.39 is 0 Å². The van der Waals surface area contributed by atoms with E-state index in [1.54, 1.807) is 0 Å². The van der Waals surface area contributed by atoms with Crippen molar-refractivity contribution < 1.29 is 4.74 Å². The molecule has 0 aromatic rings. The summed E-state index contributed by atoms with van der Waals surface area (Å²) in [6.07, 6.45) is 7.55. The molecule has 2 rings (SSSR count). The number of hydrogen-bond acceptors (Lipinski definition) is 3. The first-order chi connectivity index (χ1) is 9.16. The zero-order valence-corrected chi connectivity index (χ0v) is 13.0. The summed E-state index contributed by atoms with van der Waals surface area (Å²) in [5.41, 5.74) is 0. The quantitative estimate of drug-likeness (QED) is 0.829. The van der Waals surface area contributed by atoms with Crippen molar-refractivity contribution in [3.63, 3.8) is 0 Å². The van der Waals surface area contributed by atoms with Crippen LogP contribution in [0.4, 0.5) is 0 Å². The fourth-order valence-electron chi connectivity index (χ4n) is 3.52. The van der Waals surface area contributed by atoms with Gasteiger partial charge in [-0.05, 0) is 39.5 Å². The summed E-state index contributed by atoms with van der Waals surface area (Å²) in [6.45, 7) is 10.9. The monoisotopic (exact) mass is 268 g/mol. The van der Waals surface area contributed by atoms with Crippen LogP contribution < -0.4 is 5.32 Å². The van der Waals surface area contributed by atoms with Gasteiger partial charge in [-0.3, -0.25) is 4.90 Å². The van der Waals surface area contributed by atoms with Crippen molar-refractivity contribution in [1.82, 2.24) is 10.2 Å². The minimum atomic E-state index is 0.354. The van der Waals surface area contributed by atoms with Crippen LogP contribution in [0.1, 0.15) is 52.9 Å². The molecule has 3 heteroatoms. The standard InChI is InChI=1S/C16H32N2O/c1-13(2)19-10-9-18-12-16(17-11-14(18)3)15-7-5-4-6-8-15/h13-17H,4-12H2,1-3H3. The van der Waals surface area contributed by atoms with Crippen molar-refractivity contribution in [2.45, 2.75) is 71.1 Å². The highest BCUT2D eigenvalue weighted by Gasteiger charge is 2.30. The molecule has 0 aromatic heterocycles. The van der Waals surface area contributed by atoms with Gasteiger partial charge >= 0.3 is 0 Å². The summed E-state index contributed by atoms with van der Waals surface area (Å²) in [6, 6.07) is 1.37. The molecular formula is C16H32N2O. The Kier molecular flexibility index (Phi) is 6.11. The van der Waals surface area contributed by atoms with Crippen molar-refractivity contribution in [2.24, 2.45) is 5.92 Å². The lowest BCUT2D eigenvalue weighted by Crippen LogP contribution is -2.58. The lowest BCUT2D eigenvalue weighted by atomic mass is 9.82. The van der Waals surface area contributed by atoms with Gasteiger partial charge in [-0.1, -0.05) is 19.3 Å². The van der Waals surface area contributed by atoms with E-state index in [1.165, 1.54) is 38.6 Å². The van der Waals surface area contributed by atoms with Gasteiger partial charge in [-0.2, -0.15) is 0 Å². The Labute approximate surface area is 119 Å². The third kappa shape index (κ3) is 4.73. The Morgan fingerprint density at radius 2 is 1.95 bits per heavy atom. The Morgan fingerprint density at radius 3 is 2.63 bits per heavy atom. The summed E-state index contributed by atoms with van der Waals surface area (Å²) in [7, 11) is 0. The maximum Gasteiger partial charge on any atom is 0.0597 e. The first-order valence-corrected chi connectivity index (χ1v) is 8.26. The number of rotatable bonds is 5. The highest BCUT2D eigenvalue weighted by atomic mass is 16.5. The molecule has 3 nitrogen and oxygen atoms in total. The largest absolute Gasteiger partial charge is 0.377 e. The molecule has 0 spiro atoms. The van der Waals surface area contributed by atoms with Gasteiger partial charge in [0, 0.05) is 31.7 Å². The molecule has 2 atom stereocenters. The van der Waals surface area contributed by atoms with Crippen LogP contribution in [0.15, 0.2) is 0 Å². The summed E-state index contributed by atoms with van der Waals surface area (Å²) >= 11 is 0. The van der Waals surface area contributed by atoms with E-state index in [-0.39, 0.29) is 0 Å². The van der Waals surface area contributed by atoms with E-state index in [0.29, 0.717) is 12.1 Å². The zero-order chi connectivity index (χ0) is 13.7. The molecule has 1 saturated heterocycles. The molecule has 2 fully saturated rings. The molecule has 2 unspecified atom stereocenters. The van der Waals surface area contributed by atoms with Crippen LogP contribution in [-0.4, -0.2) is 49.3 Å². The zero-order valence-electron chi connectivity index (χ0n) is 13.0. The molecule has 112 valence electrons. The topological polar surface area (TPSA) is 24.5 Å². The number of nitrogens with zero attached hydrogens (tertiary/aromatic N) is 1. The molecule has 1 heterocycles. The number of hydrogen-bond donors (Lipinski definition) is 1. The van der Waals surface area contributed by atoms with E-state index in [4.69, 9.17) is 4.74 Å². The summed E-state index contributed by atoms with van der Waals surface area (Å²) in [5, 5.41) is 3.79. The number of nitrogens with one attached hydrogen (secondary N) is 1. The van der Waals surface area contributed by atoms with Crippen molar-refractivity contribution in [3.8, 4) is 0 Å². The molecule has 1 aliphatic heterocycles. The van der Waals surface area contributed by atoms with Gasteiger partial charge in [0.1, 0.15) is 0 Å². The number of piperazine rings is 1. The van der Waals surface area contributed by atoms with Crippen LogP contribution in [-0.2, 0) is 4.74 Å². The van der Waals surface area contributed by atoms with Crippen LogP contribution in [0.3, 0.4) is 0 Å². The number of ether oxygens (including phenoxy) is 1. The Bertz CT molecular complexity index is 251. The summed E-state index contributed by atoms with van der Waals surface area (Å²) < 4.78 is 5.71. The maximum absolute atomic E-state index is 5.71. The van der Waals surface area contributed by atoms with Gasteiger partial charge in [0.15, 0.2) is 0 Å². The second kappa shape index (κ2) is 7.61. The van der Waals surface area contributed by atoms with Gasteiger partial charge in [0.25, 0.3) is 0 Å². The molecule has 1 N–H and O–H groups in total. The van der Waals surface area contributed by atoms with Crippen molar-refractivity contribution in [1.29, 1.82) is 0 Å². The normalized spacial score (nSPS) is 30.9. The van der Waals surface area contributed by atoms with E-state index in [9.17, 15) is 0 Å². The lowest BCUT2D eigenvalue weighted by Gasteiger charge is -2.42. The van der Waals surface area contributed by atoms with E-state index in [0.717, 1.165) is 31.7 Å². The van der Waals surface area contributed by atoms with Crippen LogP contribution >= 0.6 is 0 Å².